The average molecular weight is 629 g/mol. The fourth-order valence-electron chi connectivity index (χ4n) is 3.16. The predicted octanol–water partition coefficient (Wildman–Crippen LogP) is 4.34. The van der Waals surface area contributed by atoms with Crippen molar-refractivity contribution >= 4 is 79.7 Å². The van der Waals surface area contributed by atoms with E-state index in [1.807, 2.05) is 13.8 Å². The fourth-order valence-corrected chi connectivity index (χ4v) is 4.55. The number of aryl methyl sites for hydroxylation is 2. The van der Waals surface area contributed by atoms with Crippen molar-refractivity contribution < 1.29 is 18.0 Å². The molecule has 5 N–H and O–H groups in total. The second-order valence-electron chi connectivity index (χ2n) is 8.33. The first-order valence-corrected chi connectivity index (χ1v) is 14.3. The molecule has 0 radical (unpaired) electrons. The highest BCUT2D eigenvalue weighted by Gasteiger charge is 2.35. The lowest BCUT2D eigenvalue weighted by Gasteiger charge is -2.28. The van der Waals surface area contributed by atoms with Crippen molar-refractivity contribution in [2.75, 3.05) is 5.32 Å². The molecule has 0 saturated heterocycles. The monoisotopic (exact) mass is 627 g/mol. The molecule has 0 fully saturated rings. The number of anilines is 1. The van der Waals surface area contributed by atoms with Crippen LogP contribution in [0.15, 0.2) is 77.7 Å². The molecule has 0 heterocycles. The highest BCUT2D eigenvalue weighted by atomic mass is 35.6. The normalized spacial score (nSPS) is 12.2. The van der Waals surface area contributed by atoms with Crippen molar-refractivity contribution in [2.24, 2.45) is 0 Å². The largest absolute Gasteiger partial charge is 0.339 e. The summed E-state index contributed by atoms with van der Waals surface area (Å²) in [5.41, 5.74) is 4.65. The summed E-state index contributed by atoms with van der Waals surface area (Å²) in [7, 11) is -4.01. The van der Waals surface area contributed by atoms with Crippen LogP contribution < -0.4 is 26.2 Å². The quantitative estimate of drug-likeness (QED) is 0.109. The zero-order valence-corrected chi connectivity index (χ0v) is 24.5. The topological polar surface area (TPSA) is 128 Å². The lowest BCUT2D eigenvalue weighted by atomic mass is 10.1. The lowest BCUT2D eigenvalue weighted by molar-refractivity contribution is 0.0930. The first-order valence-electron chi connectivity index (χ1n) is 11.3. The van der Waals surface area contributed by atoms with Gasteiger partial charge in [0.1, 0.15) is 6.17 Å². The first kappa shape index (κ1) is 30.6. The zero-order chi connectivity index (χ0) is 28.8. The molecule has 0 aliphatic heterocycles. The minimum atomic E-state index is -4.01. The molecule has 2 amide bonds. The number of hydrogen-bond acceptors (Lipinski definition) is 5. The number of hydrazine groups is 1. The molecule has 3 aromatic rings. The molecule has 0 aromatic heterocycles. The molecular formula is C25H24Cl3N5O4S2. The van der Waals surface area contributed by atoms with Crippen LogP contribution in [0.5, 0.6) is 0 Å². The van der Waals surface area contributed by atoms with E-state index in [1.54, 1.807) is 48.5 Å². The van der Waals surface area contributed by atoms with Crippen molar-refractivity contribution in [1.82, 2.24) is 20.9 Å². The van der Waals surface area contributed by atoms with Crippen LogP contribution in [0.4, 0.5) is 5.69 Å². The molecule has 0 bridgehead atoms. The third-order valence-corrected chi connectivity index (χ3v) is 7.38. The Morgan fingerprint density at radius 2 is 1.38 bits per heavy atom. The van der Waals surface area contributed by atoms with Gasteiger partial charge in [-0.2, -0.15) is 0 Å². The van der Waals surface area contributed by atoms with Gasteiger partial charge in [0.15, 0.2) is 5.11 Å². The second-order valence-corrected chi connectivity index (χ2v) is 12.8. The molecule has 3 rings (SSSR count). The summed E-state index contributed by atoms with van der Waals surface area (Å²) < 4.78 is 23.0. The highest BCUT2D eigenvalue weighted by molar-refractivity contribution is 7.89. The SMILES string of the molecule is Cc1ccc(C(=O)NC(NC(=S)Nc2ccccc2C(=O)NNS(=O)(=O)c2ccc(C)cc2)C(Cl)(Cl)Cl)cc1. The second kappa shape index (κ2) is 12.9. The summed E-state index contributed by atoms with van der Waals surface area (Å²) in [4.78, 5) is 27.5. The third-order valence-electron chi connectivity index (χ3n) is 5.24. The molecule has 0 aliphatic rings. The van der Waals surface area contributed by atoms with Gasteiger partial charge in [0.25, 0.3) is 21.8 Å². The molecule has 39 heavy (non-hydrogen) atoms. The smallest absolute Gasteiger partial charge is 0.268 e. The zero-order valence-electron chi connectivity index (χ0n) is 20.6. The Kier molecular flexibility index (Phi) is 10.2. The standard InChI is InChI=1S/C25H24Cl3N5O4S2/c1-15-7-11-17(12-8-15)21(34)30-23(25(26,27)28)31-24(38)29-20-6-4-3-5-19(20)22(35)32-33-39(36,37)18-13-9-16(2)10-14-18/h3-14,23,33H,1-2H3,(H,30,34)(H,32,35)(H2,29,31,38). The number of carbonyl (C=O) groups excluding carboxylic acids is 2. The van der Waals surface area contributed by atoms with Crippen LogP contribution >= 0.6 is 47.0 Å². The van der Waals surface area contributed by atoms with E-state index in [-0.39, 0.29) is 21.3 Å². The Morgan fingerprint density at radius 3 is 1.97 bits per heavy atom. The maximum Gasteiger partial charge on any atom is 0.268 e. The van der Waals surface area contributed by atoms with Crippen LogP contribution in [-0.2, 0) is 10.0 Å². The molecule has 206 valence electrons. The van der Waals surface area contributed by atoms with Gasteiger partial charge in [-0.3, -0.25) is 15.0 Å². The van der Waals surface area contributed by atoms with E-state index in [0.29, 0.717) is 5.56 Å². The summed E-state index contributed by atoms with van der Waals surface area (Å²) in [5, 5.41) is 8.01. The number of nitrogens with one attached hydrogen (secondary N) is 5. The van der Waals surface area contributed by atoms with Crippen molar-refractivity contribution in [3.05, 3.63) is 95.1 Å². The van der Waals surface area contributed by atoms with Gasteiger partial charge in [0.05, 0.1) is 16.1 Å². The number of alkyl halides is 3. The Hall–Kier alpha value is -2.93. The predicted molar refractivity (Wildman–Crippen MR) is 157 cm³/mol. The summed E-state index contributed by atoms with van der Waals surface area (Å²) in [6.45, 7) is 3.71. The van der Waals surface area contributed by atoms with E-state index >= 15 is 0 Å². The van der Waals surface area contributed by atoms with Gasteiger partial charge in [-0.15, -0.1) is 4.83 Å². The Morgan fingerprint density at radius 1 is 0.821 bits per heavy atom. The van der Waals surface area contributed by atoms with E-state index in [9.17, 15) is 18.0 Å². The van der Waals surface area contributed by atoms with Crippen LogP contribution in [0.3, 0.4) is 0 Å². The number of halogens is 3. The fraction of sp³-hybridized carbons (Fsp3) is 0.160. The van der Waals surface area contributed by atoms with Crippen LogP contribution in [0.2, 0.25) is 0 Å². The van der Waals surface area contributed by atoms with Crippen molar-refractivity contribution in [3.8, 4) is 0 Å². The number of hydrogen-bond donors (Lipinski definition) is 5. The Balaban J connectivity index is 1.68. The minimum absolute atomic E-state index is 0.0179. The molecule has 0 spiro atoms. The number of thiocarbonyl (C=S) groups is 1. The highest BCUT2D eigenvalue weighted by Crippen LogP contribution is 2.29. The molecule has 1 atom stereocenters. The number of sulfonamides is 1. The summed E-state index contributed by atoms with van der Waals surface area (Å²) in [5.74, 6) is -1.27. The maximum absolute atomic E-state index is 12.8. The third kappa shape index (κ3) is 8.79. The van der Waals surface area contributed by atoms with Gasteiger partial charge in [-0.05, 0) is 62.5 Å². The van der Waals surface area contributed by atoms with Gasteiger partial charge in [-0.1, -0.05) is 82.3 Å². The van der Waals surface area contributed by atoms with E-state index in [2.05, 4.69) is 26.2 Å². The average Bonchev–Trinajstić information content (AvgIpc) is 2.87. The molecular weight excluding hydrogens is 605 g/mol. The molecule has 9 nitrogen and oxygen atoms in total. The first-order chi connectivity index (χ1) is 18.3. The van der Waals surface area contributed by atoms with E-state index in [1.165, 1.54) is 24.3 Å². The molecule has 3 aromatic carbocycles. The molecule has 0 saturated carbocycles. The molecule has 1 unspecified atom stereocenters. The van der Waals surface area contributed by atoms with Crippen LogP contribution in [-0.4, -0.2) is 35.3 Å². The van der Waals surface area contributed by atoms with Crippen LogP contribution in [0.1, 0.15) is 31.8 Å². The number of rotatable bonds is 8. The van der Waals surface area contributed by atoms with Gasteiger partial charge in [0, 0.05) is 5.56 Å². The van der Waals surface area contributed by atoms with E-state index in [4.69, 9.17) is 47.0 Å². The van der Waals surface area contributed by atoms with Crippen LogP contribution in [0, 0.1) is 13.8 Å². The van der Waals surface area contributed by atoms with E-state index in [0.717, 1.165) is 11.1 Å². The van der Waals surface area contributed by atoms with E-state index < -0.39 is 31.8 Å². The van der Waals surface area contributed by atoms with Gasteiger partial charge in [-0.25, -0.2) is 8.42 Å². The Bertz CT molecular complexity index is 1460. The van der Waals surface area contributed by atoms with Gasteiger partial charge in [0.2, 0.25) is 3.79 Å². The number of carbonyl (C=O) groups is 2. The summed E-state index contributed by atoms with van der Waals surface area (Å²) in [6, 6.07) is 19.1. The Labute approximate surface area is 246 Å². The summed E-state index contributed by atoms with van der Waals surface area (Å²) in [6.07, 6.45) is -1.25. The summed E-state index contributed by atoms with van der Waals surface area (Å²) >= 11 is 23.5. The van der Waals surface area contributed by atoms with Crippen molar-refractivity contribution in [2.45, 2.75) is 28.7 Å². The minimum Gasteiger partial charge on any atom is -0.339 e. The lowest BCUT2D eigenvalue weighted by Crippen LogP contribution is -2.56. The number of amides is 2. The number of benzene rings is 3. The molecule has 14 heteroatoms. The van der Waals surface area contributed by atoms with Crippen molar-refractivity contribution in [1.29, 1.82) is 0 Å². The van der Waals surface area contributed by atoms with Crippen molar-refractivity contribution in [3.63, 3.8) is 0 Å². The van der Waals surface area contributed by atoms with Gasteiger partial charge < -0.3 is 16.0 Å². The van der Waals surface area contributed by atoms with Crippen LogP contribution in [0.25, 0.3) is 0 Å². The maximum atomic E-state index is 12.8. The number of para-hydroxylation sites is 1. The van der Waals surface area contributed by atoms with Gasteiger partial charge >= 0.3 is 0 Å². The molecule has 0 aliphatic carbocycles.